The number of carboxylic acids is 1. The maximum Gasteiger partial charge on any atom is 0.323 e. The monoisotopic (exact) mass is 269 g/mol. The summed E-state index contributed by atoms with van der Waals surface area (Å²) in [5.41, 5.74) is 0.506. The van der Waals surface area contributed by atoms with E-state index in [1.165, 1.54) is 11.0 Å². The molecule has 2 aromatic rings. The molecule has 0 unspecified atom stereocenters. The number of carbonyl (C=O) groups is 2. The van der Waals surface area contributed by atoms with Gasteiger partial charge >= 0.3 is 5.97 Å². The molecule has 2 aromatic carbocycles. The molecule has 0 heterocycles. The van der Waals surface area contributed by atoms with E-state index in [-0.39, 0.29) is 19.0 Å². The lowest BCUT2D eigenvalue weighted by Crippen LogP contribution is -2.35. The number of hydrogen-bond acceptors (Lipinski definition) is 2. The van der Waals surface area contributed by atoms with Gasteiger partial charge in [-0.15, -0.1) is 6.58 Å². The second-order valence-corrected chi connectivity index (χ2v) is 4.39. The van der Waals surface area contributed by atoms with Crippen molar-refractivity contribution in [1.82, 2.24) is 4.90 Å². The number of amides is 1. The third kappa shape index (κ3) is 2.85. The van der Waals surface area contributed by atoms with E-state index in [0.717, 1.165) is 10.8 Å². The lowest BCUT2D eigenvalue weighted by Gasteiger charge is -2.19. The summed E-state index contributed by atoms with van der Waals surface area (Å²) in [6, 6.07) is 13.0. The average Bonchev–Trinajstić information content (AvgIpc) is 2.45. The van der Waals surface area contributed by atoms with E-state index in [1.54, 1.807) is 12.1 Å². The number of hydrogen-bond donors (Lipinski definition) is 1. The zero-order valence-electron chi connectivity index (χ0n) is 11.0. The van der Waals surface area contributed by atoms with E-state index in [1.807, 2.05) is 30.3 Å². The van der Waals surface area contributed by atoms with Crippen LogP contribution in [0.5, 0.6) is 0 Å². The molecule has 0 aliphatic heterocycles. The Balaban J connectivity index is 2.43. The molecule has 0 radical (unpaired) electrons. The van der Waals surface area contributed by atoms with Gasteiger partial charge in [-0.3, -0.25) is 9.59 Å². The Morgan fingerprint density at radius 2 is 1.85 bits per heavy atom. The molecule has 0 aliphatic carbocycles. The smallest absolute Gasteiger partial charge is 0.323 e. The van der Waals surface area contributed by atoms with Crippen molar-refractivity contribution < 1.29 is 14.7 Å². The highest BCUT2D eigenvalue weighted by molar-refractivity contribution is 6.07. The van der Waals surface area contributed by atoms with Gasteiger partial charge in [0, 0.05) is 12.1 Å². The molecule has 1 amide bonds. The number of benzene rings is 2. The van der Waals surface area contributed by atoms with Crippen LogP contribution in [0.3, 0.4) is 0 Å². The van der Waals surface area contributed by atoms with Crippen molar-refractivity contribution in [3.05, 3.63) is 60.7 Å². The average molecular weight is 269 g/mol. The molecule has 4 nitrogen and oxygen atoms in total. The fraction of sp³-hybridized carbons (Fsp3) is 0.125. The minimum Gasteiger partial charge on any atom is -0.480 e. The SMILES string of the molecule is C=CCN(CC(=O)O)C(=O)c1cccc2ccccc12. The number of rotatable bonds is 5. The zero-order valence-corrected chi connectivity index (χ0v) is 11.0. The molecule has 0 atom stereocenters. The number of carboxylic acid groups (broad SMARTS) is 1. The maximum atomic E-state index is 12.5. The Morgan fingerprint density at radius 1 is 1.15 bits per heavy atom. The fourth-order valence-electron chi connectivity index (χ4n) is 2.12. The van der Waals surface area contributed by atoms with Crippen LogP contribution in [0.4, 0.5) is 0 Å². The fourth-order valence-corrected chi connectivity index (χ4v) is 2.12. The molecule has 1 N–H and O–H groups in total. The number of carbonyl (C=O) groups excluding carboxylic acids is 1. The summed E-state index contributed by atoms with van der Waals surface area (Å²) < 4.78 is 0. The van der Waals surface area contributed by atoms with Crippen LogP contribution in [0.25, 0.3) is 10.8 Å². The number of nitrogens with zero attached hydrogens (tertiary/aromatic N) is 1. The molecule has 0 spiro atoms. The van der Waals surface area contributed by atoms with Gasteiger partial charge in [-0.2, -0.15) is 0 Å². The van der Waals surface area contributed by atoms with Gasteiger partial charge in [0.25, 0.3) is 5.91 Å². The van der Waals surface area contributed by atoms with Crippen molar-refractivity contribution in [3.8, 4) is 0 Å². The molecule has 20 heavy (non-hydrogen) atoms. The van der Waals surface area contributed by atoms with Gasteiger partial charge in [-0.1, -0.05) is 42.5 Å². The third-order valence-electron chi connectivity index (χ3n) is 2.98. The van der Waals surface area contributed by atoms with Gasteiger partial charge in [0.2, 0.25) is 0 Å². The first-order chi connectivity index (χ1) is 9.63. The summed E-state index contributed by atoms with van der Waals surface area (Å²) in [7, 11) is 0. The van der Waals surface area contributed by atoms with Gasteiger partial charge in [0.15, 0.2) is 0 Å². The predicted molar refractivity (Wildman–Crippen MR) is 77.7 cm³/mol. The summed E-state index contributed by atoms with van der Waals surface area (Å²) in [6.07, 6.45) is 1.52. The molecule has 0 saturated carbocycles. The highest BCUT2D eigenvalue weighted by atomic mass is 16.4. The number of fused-ring (bicyclic) bond motifs is 1. The van der Waals surface area contributed by atoms with Crippen molar-refractivity contribution >= 4 is 22.6 Å². The van der Waals surface area contributed by atoms with Gasteiger partial charge < -0.3 is 10.0 Å². The summed E-state index contributed by atoms with van der Waals surface area (Å²) in [5, 5.41) is 10.7. The highest BCUT2D eigenvalue weighted by Crippen LogP contribution is 2.20. The summed E-state index contributed by atoms with van der Waals surface area (Å²) in [4.78, 5) is 24.6. The van der Waals surface area contributed by atoms with Gasteiger partial charge in [-0.25, -0.2) is 0 Å². The van der Waals surface area contributed by atoms with E-state index in [0.29, 0.717) is 5.56 Å². The van der Waals surface area contributed by atoms with Crippen molar-refractivity contribution in [2.24, 2.45) is 0 Å². The third-order valence-corrected chi connectivity index (χ3v) is 2.98. The minimum atomic E-state index is -1.04. The lowest BCUT2D eigenvalue weighted by atomic mass is 10.0. The van der Waals surface area contributed by atoms with E-state index in [2.05, 4.69) is 6.58 Å². The highest BCUT2D eigenvalue weighted by Gasteiger charge is 2.19. The molecule has 0 bridgehead atoms. The Kier molecular flexibility index (Phi) is 4.15. The second kappa shape index (κ2) is 6.02. The topological polar surface area (TPSA) is 57.6 Å². The van der Waals surface area contributed by atoms with Crippen molar-refractivity contribution in [3.63, 3.8) is 0 Å². The quantitative estimate of drug-likeness (QED) is 0.849. The molecule has 0 saturated heterocycles. The molecular weight excluding hydrogens is 254 g/mol. The van der Waals surface area contributed by atoms with Crippen molar-refractivity contribution in [1.29, 1.82) is 0 Å². The summed E-state index contributed by atoms with van der Waals surface area (Å²) in [6.45, 7) is 3.42. The van der Waals surface area contributed by atoms with Gasteiger partial charge in [0.1, 0.15) is 6.54 Å². The molecule has 4 heteroatoms. The van der Waals surface area contributed by atoms with E-state index < -0.39 is 5.97 Å². The standard InChI is InChI=1S/C16H15NO3/c1-2-10-17(11-15(18)19)16(20)14-9-5-7-12-6-3-4-8-13(12)14/h2-9H,1,10-11H2,(H,18,19). The summed E-state index contributed by atoms with van der Waals surface area (Å²) >= 11 is 0. The van der Waals surface area contributed by atoms with Crippen LogP contribution in [0.15, 0.2) is 55.1 Å². The zero-order chi connectivity index (χ0) is 14.5. The Labute approximate surface area is 116 Å². The van der Waals surface area contributed by atoms with Crippen LogP contribution < -0.4 is 0 Å². The Bertz CT molecular complexity index is 658. The summed E-state index contributed by atoms with van der Waals surface area (Å²) in [5.74, 6) is -1.34. The first kappa shape index (κ1) is 13.8. The molecule has 0 fully saturated rings. The largest absolute Gasteiger partial charge is 0.480 e. The first-order valence-electron chi connectivity index (χ1n) is 6.23. The predicted octanol–water partition coefficient (Wildman–Crippen LogP) is 2.55. The molecular formula is C16H15NO3. The molecule has 102 valence electrons. The first-order valence-corrected chi connectivity index (χ1v) is 6.23. The Hall–Kier alpha value is -2.62. The number of aliphatic carboxylic acids is 1. The Morgan fingerprint density at radius 3 is 2.55 bits per heavy atom. The molecule has 0 aromatic heterocycles. The molecule has 2 rings (SSSR count). The van der Waals surface area contributed by atoms with E-state index >= 15 is 0 Å². The van der Waals surface area contributed by atoms with Crippen LogP contribution in [-0.4, -0.2) is 35.0 Å². The van der Waals surface area contributed by atoms with Crippen LogP contribution in [0.1, 0.15) is 10.4 Å². The van der Waals surface area contributed by atoms with E-state index in [9.17, 15) is 9.59 Å². The van der Waals surface area contributed by atoms with Crippen molar-refractivity contribution in [2.75, 3.05) is 13.1 Å². The normalized spacial score (nSPS) is 10.2. The lowest BCUT2D eigenvalue weighted by molar-refractivity contribution is -0.137. The second-order valence-electron chi connectivity index (χ2n) is 4.39. The van der Waals surface area contributed by atoms with Crippen LogP contribution in [-0.2, 0) is 4.79 Å². The van der Waals surface area contributed by atoms with Gasteiger partial charge in [0.05, 0.1) is 0 Å². The van der Waals surface area contributed by atoms with Crippen LogP contribution >= 0.6 is 0 Å². The minimum absolute atomic E-state index is 0.203. The maximum absolute atomic E-state index is 12.5. The van der Waals surface area contributed by atoms with Crippen LogP contribution in [0, 0.1) is 0 Å². The van der Waals surface area contributed by atoms with E-state index in [4.69, 9.17) is 5.11 Å². The van der Waals surface area contributed by atoms with Crippen LogP contribution in [0.2, 0.25) is 0 Å². The van der Waals surface area contributed by atoms with Crippen molar-refractivity contribution in [2.45, 2.75) is 0 Å². The van der Waals surface area contributed by atoms with Gasteiger partial charge in [-0.05, 0) is 16.8 Å². The molecule has 0 aliphatic rings.